The highest BCUT2D eigenvalue weighted by atomic mass is 16.1. The summed E-state index contributed by atoms with van der Waals surface area (Å²) < 4.78 is 0. The predicted molar refractivity (Wildman–Crippen MR) is 57.4 cm³/mol. The SMILES string of the molecule is C=CCCCC(=O)c1ncccc1C. The molecule has 1 aromatic rings. The molecule has 74 valence electrons. The van der Waals surface area contributed by atoms with Gasteiger partial charge in [-0.3, -0.25) is 9.78 Å². The first kappa shape index (κ1) is 10.6. The minimum atomic E-state index is 0.130. The zero-order chi connectivity index (χ0) is 10.4. The average molecular weight is 189 g/mol. The van der Waals surface area contributed by atoms with E-state index in [0.29, 0.717) is 12.1 Å². The molecule has 14 heavy (non-hydrogen) atoms. The molecule has 0 aromatic carbocycles. The van der Waals surface area contributed by atoms with Gasteiger partial charge in [0, 0.05) is 12.6 Å². The molecule has 0 aliphatic heterocycles. The highest BCUT2D eigenvalue weighted by Gasteiger charge is 2.08. The van der Waals surface area contributed by atoms with Crippen LogP contribution < -0.4 is 0 Å². The van der Waals surface area contributed by atoms with Gasteiger partial charge in [0.25, 0.3) is 0 Å². The van der Waals surface area contributed by atoms with Gasteiger partial charge >= 0.3 is 0 Å². The van der Waals surface area contributed by atoms with E-state index in [-0.39, 0.29) is 5.78 Å². The number of aryl methyl sites for hydroxylation is 1. The summed E-state index contributed by atoms with van der Waals surface area (Å²) in [5, 5.41) is 0. The molecule has 0 unspecified atom stereocenters. The molecule has 0 atom stereocenters. The molecule has 1 aromatic heterocycles. The van der Waals surface area contributed by atoms with E-state index in [2.05, 4.69) is 11.6 Å². The van der Waals surface area contributed by atoms with Crippen LogP contribution in [-0.2, 0) is 0 Å². The van der Waals surface area contributed by atoms with E-state index in [9.17, 15) is 4.79 Å². The fourth-order valence-electron chi connectivity index (χ4n) is 1.30. The summed E-state index contributed by atoms with van der Waals surface area (Å²) in [6.45, 7) is 5.53. The monoisotopic (exact) mass is 189 g/mol. The summed E-state index contributed by atoms with van der Waals surface area (Å²) in [4.78, 5) is 15.7. The first-order valence-corrected chi connectivity index (χ1v) is 4.81. The van der Waals surface area contributed by atoms with Crippen molar-refractivity contribution in [3.05, 3.63) is 42.2 Å². The minimum Gasteiger partial charge on any atom is -0.292 e. The lowest BCUT2D eigenvalue weighted by Gasteiger charge is -2.01. The van der Waals surface area contributed by atoms with E-state index < -0.39 is 0 Å². The van der Waals surface area contributed by atoms with E-state index in [1.54, 1.807) is 6.20 Å². The van der Waals surface area contributed by atoms with Gasteiger partial charge in [0.1, 0.15) is 5.69 Å². The number of hydrogen-bond acceptors (Lipinski definition) is 2. The molecule has 0 saturated heterocycles. The van der Waals surface area contributed by atoms with Gasteiger partial charge in [-0.15, -0.1) is 6.58 Å². The van der Waals surface area contributed by atoms with Crippen molar-refractivity contribution in [1.82, 2.24) is 4.98 Å². The maximum atomic E-state index is 11.6. The smallest absolute Gasteiger partial charge is 0.181 e. The molecule has 1 heterocycles. The zero-order valence-corrected chi connectivity index (χ0v) is 8.49. The van der Waals surface area contributed by atoms with Crippen molar-refractivity contribution < 1.29 is 4.79 Å². The molecule has 0 aliphatic carbocycles. The van der Waals surface area contributed by atoms with Crippen LogP contribution in [0.4, 0.5) is 0 Å². The number of pyridine rings is 1. The van der Waals surface area contributed by atoms with E-state index in [1.165, 1.54) is 0 Å². The number of allylic oxidation sites excluding steroid dienone is 1. The number of ketones is 1. The molecular weight excluding hydrogens is 174 g/mol. The molecule has 0 bridgehead atoms. The zero-order valence-electron chi connectivity index (χ0n) is 8.49. The van der Waals surface area contributed by atoms with Gasteiger partial charge in [0.15, 0.2) is 5.78 Å². The standard InChI is InChI=1S/C12H15NO/c1-3-4-5-8-11(14)12-10(2)7-6-9-13-12/h3,6-7,9H,1,4-5,8H2,2H3. The number of rotatable bonds is 5. The Bertz CT molecular complexity index is 331. The Hall–Kier alpha value is -1.44. The van der Waals surface area contributed by atoms with Crippen LogP contribution in [0.3, 0.4) is 0 Å². The van der Waals surface area contributed by atoms with Crippen molar-refractivity contribution in [2.24, 2.45) is 0 Å². The minimum absolute atomic E-state index is 0.130. The Morgan fingerprint density at radius 2 is 2.43 bits per heavy atom. The normalized spacial score (nSPS) is 9.79. The lowest BCUT2D eigenvalue weighted by Crippen LogP contribution is -2.04. The van der Waals surface area contributed by atoms with Crippen molar-refractivity contribution >= 4 is 5.78 Å². The highest BCUT2D eigenvalue weighted by Crippen LogP contribution is 2.08. The summed E-state index contributed by atoms with van der Waals surface area (Å²) >= 11 is 0. The molecule has 0 N–H and O–H groups in total. The van der Waals surface area contributed by atoms with Crippen LogP contribution in [0.15, 0.2) is 31.0 Å². The number of hydrogen-bond donors (Lipinski definition) is 0. The second kappa shape index (κ2) is 5.32. The van der Waals surface area contributed by atoms with Crippen LogP contribution in [0.1, 0.15) is 35.3 Å². The second-order valence-corrected chi connectivity index (χ2v) is 3.27. The maximum Gasteiger partial charge on any atom is 0.181 e. The van der Waals surface area contributed by atoms with E-state index in [4.69, 9.17) is 0 Å². The quantitative estimate of drug-likeness (QED) is 0.405. The topological polar surface area (TPSA) is 30.0 Å². The van der Waals surface area contributed by atoms with Crippen LogP contribution in [0.25, 0.3) is 0 Å². The molecule has 1 rings (SSSR count). The molecule has 0 aliphatic rings. The Morgan fingerprint density at radius 1 is 1.64 bits per heavy atom. The van der Waals surface area contributed by atoms with Crippen molar-refractivity contribution in [1.29, 1.82) is 0 Å². The Kier molecular flexibility index (Phi) is 4.05. The first-order valence-electron chi connectivity index (χ1n) is 4.81. The first-order chi connectivity index (χ1) is 6.75. The van der Waals surface area contributed by atoms with Gasteiger partial charge in [-0.25, -0.2) is 0 Å². The summed E-state index contributed by atoms with van der Waals surface area (Å²) in [5.41, 5.74) is 1.56. The third-order valence-electron chi connectivity index (χ3n) is 2.09. The van der Waals surface area contributed by atoms with Gasteiger partial charge in [-0.2, -0.15) is 0 Å². The number of carbonyl (C=O) groups excluding carboxylic acids is 1. The molecular formula is C12H15NO. The highest BCUT2D eigenvalue weighted by molar-refractivity contribution is 5.95. The summed E-state index contributed by atoms with van der Waals surface area (Å²) in [6, 6.07) is 3.75. The molecule has 0 saturated carbocycles. The van der Waals surface area contributed by atoms with Gasteiger partial charge in [-0.05, 0) is 31.4 Å². The number of unbranched alkanes of at least 4 members (excludes halogenated alkanes) is 1. The van der Waals surface area contributed by atoms with Crippen LogP contribution in [0.2, 0.25) is 0 Å². The van der Waals surface area contributed by atoms with Crippen LogP contribution in [-0.4, -0.2) is 10.8 Å². The largest absolute Gasteiger partial charge is 0.292 e. The number of carbonyl (C=O) groups is 1. The van der Waals surface area contributed by atoms with Crippen LogP contribution in [0.5, 0.6) is 0 Å². The molecule has 0 fully saturated rings. The van der Waals surface area contributed by atoms with E-state index in [0.717, 1.165) is 18.4 Å². The predicted octanol–water partition coefficient (Wildman–Crippen LogP) is 2.93. The second-order valence-electron chi connectivity index (χ2n) is 3.27. The summed E-state index contributed by atoms with van der Waals surface area (Å²) in [5.74, 6) is 0.130. The van der Waals surface area contributed by atoms with Crippen LogP contribution >= 0.6 is 0 Å². The van der Waals surface area contributed by atoms with Gasteiger partial charge in [-0.1, -0.05) is 12.1 Å². The number of nitrogens with zero attached hydrogens (tertiary/aromatic N) is 1. The fraction of sp³-hybridized carbons (Fsp3) is 0.333. The number of aromatic nitrogens is 1. The number of Topliss-reactive ketones (excluding diaryl/α,β-unsaturated/α-hetero) is 1. The van der Waals surface area contributed by atoms with Gasteiger partial charge in [0.05, 0.1) is 0 Å². The average Bonchev–Trinajstić information content (AvgIpc) is 2.18. The molecule has 0 radical (unpaired) electrons. The third kappa shape index (κ3) is 2.80. The van der Waals surface area contributed by atoms with Crippen LogP contribution in [0, 0.1) is 6.92 Å². The lowest BCUT2D eigenvalue weighted by atomic mass is 10.1. The van der Waals surface area contributed by atoms with Crippen molar-refractivity contribution in [2.75, 3.05) is 0 Å². The van der Waals surface area contributed by atoms with Crippen molar-refractivity contribution in [3.8, 4) is 0 Å². The fourth-order valence-corrected chi connectivity index (χ4v) is 1.30. The Balaban J connectivity index is 2.60. The van der Waals surface area contributed by atoms with Gasteiger partial charge < -0.3 is 0 Å². The third-order valence-corrected chi connectivity index (χ3v) is 2.09. The maximum absolute atomic E-state index is 11.6. The molecule has 0 amide bonds. The summed E-state index contributed by atoms with van der Waals surface area (Å²) in [7, 11) is 0. The van der Waals surface area contributed by atoms with Gasteiger partial charge in [0.2, 0.25) is 0 Å². The van der Waals surface area contributed by atoms with E-state index >= 15 is 0 Å². The lowest BCUT2D eigenvalue weighted by molar-refractivity contribution is 0.0975. The Labute approximate surface area is 84.7 Å². The summed E-state index contributed by atoms with van der Waals surface area (Å²) in [6.07, 6.45) is 5.80. The van der Waals surface area contributed by atoms with E-state index in [1.807, 2.05) is 25.1 Å². The molecule has 2 nitrogen and oxygen atoms in total. The van der Waals surface area contributed by atoms with Crippen molar-refractivity contribution in [2.45, 2.75) is 26.2 Å². The van der Waals surface area contributed by atoms with Crippen molar-refractivity contribution in [3.63, 3.8) is 0 Å². The molecule has 2 heteroatoms. The molecule has 0 spiro atoms. The Morgan fingerprint density at radius 3 is 3.07 bits per heavy atom.